The van der Waals surface area contributed by atoms with Crippen LogP contribution in [0.3, 0.4) is 0 Å². The highest BCUT2D eigenvalue weighted by Gasteiger charge is 2.50. The van der Waals surface area contributed by atoms with Crippen LogP contribution >= 0.6 is 0 Å². The van der Waals surface area contributed by atoms with Crippen LogP contribution in [0.15, 0.2) is 71.6 Å². The summed E-state index contributed by atoms with van der Waals surface area (Å²) in [7, 11) is -0.451. The number of sulfonamides is 1. The quantitative estimate of drug-likeness (QED) is 0.586. The van der Waals surface area contributed by atoms with Gasteiger partial charge >= 0.3 is 0 Å². The van der Waals surface area contributed by atoms with Gasteiger partial charge in [-0.15, -0.1) is 0 Å². The number of methoxy groups -OCH3 is 1. The molecule has 0 aromatic heterocycles. The Morgan fingerprint density at radius 3 is 2.60 bits per heavy atom. The maximum Gasteiger partial charge on any atom is 0.247 e. The number of anilines is 1. The summed E-state index contributed by atoms with van der Waals surface area (Å²) in [6, 6.07) is 21.6. The summed E-state index contributed by atoms with van der Waals surface area (Å²) in [6.07, 6.45) is 0.641. The minimum atomic E-state index is -3.87. The zero-order valence-electron chi connectivity index (χ0n) is 19.6. The van der Waals surface area contributed by atoms with Crippen molar-refractivity contribution in [2.24, 2.45) is 5.92 Å². The molecule has 0 spiro atoms. The predicted molar refractivity (Wildman–Crippen MR) is 134 cm³/mol. The third-order valence-corrected chi connectivity index (χ3v) is 9.20. The lowest BCUT2D eigenvalue weighted by Crippen LogP contribution is -2.48. The number of rotatable bonds is 5. The Bertz CT molecular complexity index is 1420. The molecule has 1 saturated heterocycles. The number of aliphatic hydroxyl groups is 1. The van der Waals surface area contributed by atoms with Gasteiger partial charge in [0.1, 0.15) is 10.6 Å². The number of aliphatic hydroxyl groups excluding tert-OH is 1. The molecule has 2 aliphatic rings. The van der Waals surface area contributed by atoms with E-state index in [4.69, 9.17) is 4.74 Å². The van der Waals surface area contributed by atoms with E-state index in [0.29, 0.717) is 24.3 Å². The van der Waals surface area contributed by atoms with Gasteiger partial charge in [-0.2, -0.15) is 9.57 Å². The van der Waals surface area contributed by atoms with Crippen molar-refractivity contribution in [1.82, 2.24) is 4.31 Å². The molecule has 5 rings (SSSR count). The first-order valence-electron chi connectivity index (χ1n) is 11.5. The SMILES string of the molecule is COc1ccccc1S(=O)(=O)N1CC[C@@H]2[C@@H](CO)N(C)c3ccc(-c4cccc(C#N)c4)cc3[C@@H]21. The van der Waals surface area contributed by atoms with Crippen LogP contribution in [0.1, 0.15) is 23.6 Å². The first-order chi connectivity index (χ1) is 16.9. The Kier molecular flexibility index (Phi) is 6.01. The fourth-order valence-electron chi connectivity index (χ4n) is 5.59. The molecule has 3 atom stereocenters. The van der Waals surface area contributed by atoms with E-state index < -0.39 is 16.1 Å². The predicted octanol–water partition coefficient (Wildman–Crippen LogP) is 3.80. The largest absolute Gasteiger partial charge is 0.495 e. The van der Waals surface area contributed by atoms with E-state index in [-0.39, 0.29) is 23.5 Å². The monoisotopic (exact) mass is 489 g/mol. The van der Waals surface area contributed by atoms with Crippen molar-refractivity contribution < 1.29 is 18.3 Å². The lowest BCUT2D eigenvalue weighted by molar-refractivity contribution is 0.193. The first-order valence-corrected chi connectivity index (χ1v) is 13.0. The highest BCUT2D eigenvalue weighted by molar-refractivity contribution is 7.89. The van der Waals surface area contributed by atoms with Crippen LogP contribution in [-0.4, -0.2) is 51.2 Å². The molecule has 0 amide bonds. The number of ether oxygens (including phenoxy) is 1. The summed E-state index contributed by atoms with van der Waals surface area (Å²) in [5.74, 6) is 0.243. The Labute approximate surface area is 205 Å². The number of benzene rings is 3. The van der Waals surface area contributed by atoms with Crippen molar-refractivity contribution in [2.45, 2.75) is 23.4 Å². The number of hydrogen-bond acceptors (Lipinski definition) is 6. The van der Waals surface area contributed by atoms with E-state index in [2.05, 4.69) is 11.0 Å². The summed E-state index contributed by atoms with van der Waals surface area (Å²) in [6.45, 7) is 0.291. The highest BCUT2D eigenvalue weighted by Crippen LogP contribution is 2.51. The van der Waals surface area contributed by atoms with E-state index in [9.17, 15) is 18.8 Å². The maximum atomic E-state index is 13.9. The molecule has 180 valence electrons. The molecule has 2 heterocycles. The molecule has 0 saturated carbocycles. The van der Waals surface area contributed by atoms with Gasteiger partial charge < -0.3 is 14.7 Å². The molecule has 7 nitrogen and oxygen atoms in total. The van der Waals surface area contributed by atoms with Gasteiger partial charge in [-0.05, 0) is 59.5 Å². The average molecular weight is 490 g/mol. The zero-order chi connectivity index (χ0) is 24.7. The van der Waals surface area contributed by atoms with Crippen molar-refractivity contribution in [3.05, 3.63) is 77.9 Å². The summed E-state index contributed by atoms with van der Waals surface area (Å²) in [5.41, 5.74) is 4.17. The third-order valence-electron chi connectivity index (χ3n) is 7.28. The second-order valence-corrected chi connectivity index (χ2v) is 10.8. The van der Waals surface area contributed by atoms with Crippen LogP contribution in [0.4, 0.5) is 5.69 Å². The topological polar surface area (TPSA) is 93.9 Å². The van der Waals surface area contributed by atoms with E-state index in [1.807, 2.05) is 43.4 Å². The van der Waals surface area contributed by atoms with Crippen molar-refractivity contribution in [2.75, 3.05) is 32.2 Å². The van der Waals surface area contributed by atoms with Crippen molar-refractivity contribution in [3.8, 4) is 22.9 Å². The molecule has 1 fully saturated rings. The van der Waals surface area contributed by atoms with Crippen LogP contribution in [0, 0.1) is 17.2 Å². The van der Waals surface area contributed by atoms with Gasteiger partial charge in [0, 0.05) is 25.2 Å². The van der Waals surface area contributed by atoms with Crippen LogP contribution < -0.4 is 9.64 Å². The first kappa shape index (κ1) is 23.4. The number of likely N-dealkylation sites (N-methyl/N-ethyl adjacent to an activating group) is 1. The number of fused-ring (bicyclic) bond motifs is 3. The minimum absolute atomic E-state index is 0.0639. The van der Waals surface area contributed by atoms with Gasteiger partial charge in [0.15, 0.2) is 0 Å². The highest BCUT2D eigenvalue weighted by atomic mass is 32.2. The fourth-order valence-corrected chi connectivity index (χ4v) is 7.41. The van der Waals surface area contributed by atoms with Gasteiger partial charge in [0.05, 0.1) is 37.4 Å². The molecule has 1 N–H and O–H groups in total. The molecule has 2 aliphatic heterocycles. The summed E-state index contributed by atoms with van der Waals surface area (Å²) in [5, 5.41) is 19.6. The molecule has 8 heteroatoms. The fraction of sp³-hybridized carbons (Fsp3) is 0.296. The molecular weight excluding hydrogens is 462 g/mol. The zero-order valence-corrected chi connectivity index (χ0v) is 20.4. The third kappa shape index (κ3) is 3.76. The second-order valence-electron chi connectivity index (χ2n) is 8.99. The van der Waals surface area contributed by atoms with Crippen LogP contribution in [-0.2, 0) is 10.0 Å². The van der Waals surface area contributed by atoms with Crippen molar-refractivity contribution in [3.63, 3.8) is 0 Å². The van der Waals surface area contributed by atoms with E-state index >= 15 is 0 Å². The molecule has 0 aliphatic carbocycles. The molecule has 0 unspecified atom stereocenters. The number of para-hydroxylation sites is 1. The molecular formula is C27H27N3O4S. The van der Waals surface area contributed by atoms with E-state index in [0.717, 1.165) is 22.4 Å². The van der Waals surface area contributed by atoms with Crippen LogP contribution in [0.25, 0.3) is 11.1 Å². The summed E-state index contributed by atoms with van der Waals surface area (Å²) >= 11 is 0. The molecule has 0 radical (unpaired) electrons. The van der Waals surface area contributed by atoms with Gasteiger partial charge in [0.25, 0.3) is 0 Å². The number of nitriles is 1. The van der Waals surface area contributed by atoms with E-state index in [1.54, 1.807) is 34.6 Å². The Morgan fingerprint density at radius 2 is 1.86 bits per heavy atom. The number of nitrogens with zero attached hydrogens (tertiary/aromatic N) is 3. The molecule has 3 aromatic rings. The van der Waals surface area contributed by atoms with E-state index in [1.165, 1.54) is 7.11 Å². The standard InChI is InChI=1S/C27H27N3O4S/c1-29-23-11-10-20(19-7-5-6-18(14-19)16-28)15-22(23)27-21(24(29)17-31)12-13-30(27)35(32,33)26-9-4-3-8-25(26)34-2/h3-11,14-15,21,24,27,31H,12-13,17H2,1-2H3/t21-,24-,27-/m1/s1. The molecule has 35 heavy (non-hydrogen) atoms. The van der Waals surface area contributed by atoms with Gasteiger partial charge in [-0.1, -0.05) is 30.3 Å². The molecule has 0 bridgehead atoms. The van der Waals surface area contributed by atoms with Crippen LogP contribution in [0.2, 0.25) is 0 Å². The van der Waals surface area contributed by atoms with Crippen LogP contribution in [0.5, 0.6) is 5.75 Å². The summed E-state index contributed by atoms with van der Waals surface area (Å²) in [4.78, 5) is 2.20. The number of hydrogen-bond donors (Lipinski definition) is 1. The van der Waals surface area contributed by atoms with Crippen molar-refractivity contribution in [1.29, 1.82) is 5.26 Å². The second kappa shape index (κ2) is 9.00. The normalized spacial score (nSPS) is 21.8. The van der Waals surface area contributed by atoms with Crippen molar-refractivity contribution >= 4 is 15.7 Å². The average Bonchev–Trinajstić information content (AvgIpc) is 3.35. The van der Waals surface area contributed by atoms with Gasteiger partial charge in [-0.25, -0.2) is 8.42 Å². The van der Waals surface area contributed by atoms with Gasteiger partial charge in [-0.3, -0.25) is 0 Å². The summed E-state index contributed by atoms with van der Waals surface area (Å²) < 4.78 is 34.8. The Hall–Kier alpha value is -3.38. The Balaban J connectivity index is 1.66. The lowest BCUT2D eigenvalue weighted by Gasteiger charge is -2.44. The lowest BCUT2D eigenvalue weighted by atomic mass is 9.81. The van der Waals surface area contributed by atoms with Gasteiger partial charge in [0.2, 0.25) is 10.0 Å². The Morgan fingerprint density at radius 1 is 1.09 bits per heavy atom. The minimum Gasteiger partial charge on any atom is -0.495 e. The smallest absolute Gasteiger partial charge is 0.247 e. The molecule has 3 aromatic carbocycles. The maximum absolute atomic E-state index is 13.9.